The summed E-state index contributed by atoms with van der Waals surface area (Å²) in [6, 6.07) is 5.84. The Hall–Kier alpha value is -2.96. The standard InChI is InChI=1S/C27H36N4O3/c32-25-23(26(33)29-22-12-5-2-1-3-6-13-22)19-30(18-14-21-11-7-8-15-28-21)20-24(25)27(34)31-16-9-4-10-17-31/h7-8,11,15,19-20,22H,1-6,9-10,12-14,16-18H2,(H,29,33). The molecule has 3 heterocycles. The van der Waals surface area contributed by atoms with Crippen molar-refractivity contribution in [1.29, 1.82) is 0 Å². The molecule has 1 saturated carbocycles. The van der Waals surface area contributed by atoms with Gasteiger partial charge in [0.25, 0.3) is 11.8 Å². The van der Waals surface area contributed by atoms with Crippen molar-refractivity contribution in [1.82, 2.24) is 19.8 Å². The SMILES string of the molecule is O=C(NC1CCCCCCC1)c1cn(CCc2ccccn2)cc(C(=O)N2CCCCC2)c1=O. The third kappa shape index (κ3) is 6.33. The van der Waals surface area contributed by atoms with Gasteiger partial charge in [-0.1, -0.05) is 38.2 Å². The highest BCUT2D eigenvalue weighted by Crippen LogP contribution is 2.18. The quantitative estimate of drug-likeness (QED) is 0.701. The summed E-state index contributed by atoms with van der Waals surface area (Å²) in [6.45, 7) is 1.84. The van der Waals surface area contributed by atoms with E-state index in [9.17, 15) is 14.4 Å². The number of piperidine rings is 1. The Bertz CT molecular complexity index is 1020. The predicted molar refractivity (Wildman–Crippen MR) is 132 cm³/mol. The first kappa shape index (κ1) is 24.2. The van der Waals surface area contributed by atoms with Crippen LogP contribution in [-0.2, 0) is 13.0 Å². The number of pyridine rings is 2. The van der Waals surface area contributed by atoms with E-state index in [1.807, 2.05) is 18.2 Å². The highest BCUT2D eigenvalue weighted by atomic mass is 16.2. The zero-order chi connectivity index (χ0) is 23.8. The Morgan fingerprint density at radius 2 is 1.59 bits per heavy atom. The summed E-state index contributed by atoms with van der Waals surface area (Å²) in [5, 5.41) is 3.10. The summed E-state index contributed by atoms with van der Waals surface area (Å²) in [7, 11) is 0. The van der Waals surface area contributed by atoms with Gasteiger partial charge in [0.2, 0.25) is 5.43 Å². The second-order valence-electron chi connectivity index (χ2n) is 9.59. The predicted octanol–water partition coefficient (Wildman–Crippen LogP) is 3.95. The molecule has 182 valence electrons. The van der Waals surface area contributed by atoms with Crippen molar-refractivity contribution in [2.24, 2.45) is 0 Å². The van der Waals surface area contributed by atoms with Crippen LogP contribution in [0, 0.1) is 0 Å². The summed E-state index contributed by atoms with van der Waals surface area (Å²) in [6.07, 6.45) is 16.3. The molecule has 0 spiro atoms. The Morgan fingerprint density at radius 3 is 2.29 bits per heavy atom. The van der Waals surface area contributed by atoms with E-state index in [1.165, 1.54) is 19.3 Å². The number of amides is 2. The number of hydrogen-bond donors (Lipinski definition) is 1. The summed E-state index contributed by atoms with van der Waals surface area (Å²) in [5.41, 5.74) is 0.609. The van der Waals surface area contributed by atoms with Crippen LogP contribution in [0.15, 0.2) is 41.6 Å². The largest absolute Gasteiger partial charge is 0.352 e. The van der Waals surface area contributed by atoms with Crippen LogP contribution in [0.5, 0.6) is 0 Å². The zero-order valence-electron chi connectivity index (χ0n) is 20.0. The molecule has 0 radical (unpaired) electrons. The molecular weight excluding hydrogens is 428 g/mol. The van der Waals surface area contributed by atoms with Crippen molar-refractivity contribution < 1.29 is 9.59 Å². The smallest absolute Gasteiger partial charge is 0.259 e. The van der Waals surface area contributed by atoms with Crippen LogP contribution in [0.3, 0.4) is 0 Å². The van der Waals surface area contributed by atoms with E-state index in [2.05, 4.69) is 10.3 Å². The number of rotatable bonds is 6. The number of aromatic nitrogens is 2. The molecule has 1 N–H and O–H groups in total. The number of nitrogens with zero attached hydrogens (tertiary/aromatic N) is 3. The van der Waals surface area contributed by atoms with Gasteiger partial charge in [-0.3, -0.25) is 19.4 Å². The van der Waals surface area contributed by atoms with Crippen LogP contribution in [0.1, 0.15) is 90.6 Å². The van der Waals surface area contributed by atoms with E-state index in [4.69, 9.17) is 0 Å². The van der Waals surface area contributed by atoms with E-state index in [-0.39, 0.29) is 29.0 Å². The van der Waals surface area contributed by atoms with Crippen molar-refractivity contribution in [2.75, 3.05) is 13.1 Å². The fourth-order valence-electron chi connectivity index (χ4n) is 5.00. The molecule has 7 heteroatoms. The number of aryl methyl sites for hydroxylation is 2. The topological polar surface area (TPSA) is 84.3 Å². The van der Waals surface area contributed by atoms with Crippen LogP contribution >= 0.6 is 0 Å². The Labute approximate surface area is 201 Å². The van der Waals surface area contributed by atoms with Crippen LogP contribution in [-0.4, -0.2) is 45.4 Å². The highest BCUT2D eigenvalue weighted by Gasteiger charge is 2.25. The molecule has 1 aliphatic carbocycles. The molecule has 2 aliphatic rings. The van der Waals surface area contributed by atoms with E-state index < -0.39 is 5.43 Å². The third-order valence-corrected chi connectivity index (χ3v) is 6.99. The minimum atomic E-state index is -0.465. The first-order valence-corrected chi connectivity index (χ1v) is 12.9. The Morgan fingerprint density at radius 1 is 0.912 bits per heavy atom. The first-order chi connectivity index (χ1) is 16.6. The summed E-state index contributed by atoms with van der Waals surface area (Å²) in [5.74, 6) is -0.632. The maximum Gasteiger partial charge on any atom is 0.259 e. The Kier molecular flexibility index (Phi) is 8.50. The molecule has 2 amide bonds. The minimum absolute atomic E-state index is 0.0611. The summed E-state index contributed by atoms with van der Waals surface area (Å²) in [4.78, 5) is 46.0. The van der Waals surface area contributed by atoms with Gasteiger partial charge in [-0.25, -0.2) is 0 Å². The molecule has 2 aromatic heterocycles. The minimum Gasteiger partial charge on any atom is -0.352 e. The highest BCUT2D eigenvalue weighted by molar-refractivity contribution is 5.99. The van der Waals surface area contributed by atoms with Crippen molar-refractivity contribution in [3.05, 3.63) is 63.8 Å². The van der Waals surface area contributed by atoms with Gasteiger partial charge in [0.15, 0.2) is 0 Å². The average molecular weight is 465 g/mol. The van der Waals surface area contributed by atoms with Crippen molar-refractivity contribution in [2.45, 2.75) is 83.2 Å². The first-order valence-electron chi connectivity index (χ1n) is 12.9. The second-order valence-corrected chi connectivity index (χ2v) is 9.59. The molecule has 7 nitrogen and oxygen atoms in total. The van der Waals surface area contributed by atoms with Crippen LogP contribution in [0.4, 0.5) is 0 Å². The Balaban J connectivity index is 1.59. The van der Waals surface area contributed by atoms with Gasteiger partial charge in [0, 0.05) is 56.4 Å². The van der Waals surface area contributed by atoms with Gasteiger partial charge in [-0.05, 0) is 44.2 Å². The average Bonchev–Trinajstić information content (AvgIpc) is 2.85. The molecule has 34 heavy (non-hydrogen) atoms. The molecule has 0 unspecified atom stereocenters. The van der Waals surface area contributed by atoms with Gasteiger partial charge in [0.05, 0.1) is 0 Å². The maximum absolute atomic E-state index is 13.4. The lowest BCUT2D eigenvalue weighted by Gasteiger charge is -2.27. The van der Waals surface area contributed by atoms with Gasteiger partial charge in [-0.2, -0.15) is 0 Å². The van der Waals surface area contributed by atoms with E-state index in [0.29, 0.717) is 26.1 Å². The van der Waals surface area contributed by atoms with E-state index >= 15 is 0 Å². The van der Waals surface area contributed by atoms with Gasteiger partial charge >= 0.3 is 0 Å². The van der Waals surface area contributed by atoms with Crippen molar-refractivity contribution >= 4 is 11.8 Å². The normalized spacial score (nSPS) is 17.6. The van der Waals surface area contributed by atoms with Gasteiger partial charge in [-0.15, -0.1) is 0 Å². The molecule has 1 aliphatic heterocycles. The second kappa shape index (κ2) is 12.0. The molecule has 0 bridgehead atoms. The third-order valence-electron chi connectivity index (χ3n) is 6.99. The number of nitrogens with one attached hydrogen (secondary N) is 1. The number of carbonyl (C=O) groups excluding carboxylic acids is 2. The summed E-state index contributed by atoms with van der Waals surface area (Å²) < 4.78 is 1.81. The summed E-state index contributed by atoms with van der Waals surface area (Å²) >= 11 is 0. The fourth-order valence-corrected chi connectivity index (χ4v) is 5.00. The van der Waals surface area contributed by atoms with Crippen LogP contribution in [0.25, 0.3) is 0 Å². The van der Waals surface area contributed by atoms with Crippen LogP contribution < -0.4 is 10.7 Å². The van der Waals surface area contributed by atoms with E-state index in [1.54, 1.807) is 28.1 Å². The van der Waals surface area contributed by atoms with Gasteiger partial charge < -0.3 is 14.8 Å². The number of carbonyl (C=O) groups is 2. The lowest BCUT2D eigenvalue weighted by atomic mass is 9.96. The molecular formula is C27H36N4O3. The molecule has 2 fully saturated rings. The van der Waals surface area contributed by atoms with E-state index in [0.717, 1.165) is 50.6 Å². The molecule has 2 aromatic rings. The lowest BCUT2D eigenvalue weighted by Crippen LogP contribution is -2.42. The number of hydrogen-bond acceptors (Lipinski definition) is 4. The van der Waals surface area contributed by atoms with Crippen LogP contribution in [0.2, 0.25) is 0 Å². The molecule has 0 atom stereocenters. The lowest BCUT2D eigenvalue weighted by molar-refractivity contribution is 0.0722. The molecule has 0 aromatic carbocycles. The monoisotopic (exact) mass is 464 g/mol. The number of likely N-dealkylation sites (tertiary alicyclic amines) is 1. The van der Waals surface area contributed by atoms with Crippen molar-refractivity contribution in [3.8, 4) is 0 Å². The fraction of sp³-hybridized carbons (Fsp3) is 0.556. The zero-order valence-corrected chi connectivity index (χ0v) is 20.0. The molecule has 4 rings (SSSR count). The van der Waals surface area contributed by atoms with Gasteiger partial charge in [0.1, 0.15) is 11.1 Å². The molecule has 1 saturated heterocycles. The maximum atomic E-state index is 13.4. The van der Waals surface area contributed by atoms with Crippen molar-refractivity contribution in [3.63, 3.8) is 0 Å².